The number of hydrogen-bond donors (Lipinski definition) is 1. The third-order valence-electron chi connectivity index (χ3n) is 7.30. The van der Waals surface area contributed by atoms with E-state index in [1.807, 2.05) is 0 Å². The molecule has 0 heterocycles. The average molecular weight is 373 g/mol. The van der Waals surface area contributed by atoms with Crippen molar-refractivity contribution >= 4 is 5.91 Å². The Kier molecular flexibility index (Phi) is 4.73. The van der Waals surface area contributed by atoms with Crippen LogP contribution in [0.3, 0.4) is 0 Å². The molecule has 1 N–H and O–H groups in total. The molecule has 4 fully saturated rings. The maximum atomic E-state index is 13.1. The summed E-state index contributed by atoms with van der Waals surface area (Å²) >= 11 is 0. The SMILES string of the molecule is COc1cc(OC)c(C(=O)N[C@H](C)C23CC4CC(CC(C4)C2)C3)cc1OC. The number of carbonyl (C=O) groups is 1. The van der Waals surface area contributed by atoms with Crippen molar-refractivity contribution in [1.82, 2.24) is 5.32 Å². The zero-order valence-corrected chi connectivity index (χ0v) is 16.8. The van der Waals surface area contributed by atoms with Crippen LogP contribution < -0.4 is 19.5 Å². The van der Waals surface area contributed by atoms with Gasteiger partial charge in [0.2, 0.25) is 0 Å². The minimum atomic E-state index is -0.101. The Labute approximate surface area is 161 Å². The second-order valence-electron chi connectivity index (χ2n) is 8.88. The fourth-order valence-electron chi connectivity index (χ4n) is 6.34. The number of ether oxygens (including phenoxy) is 3. The number of methoxy groups -OCH3 is 3. The summed E-state index contributed by atoms with van der Waals surface area (Å²) in [5.41, 5.74) is 0.764. The second-order valence-corrected chi connectivity index (χ2v) is 8.88. The van der Waals surface area contributed by atoms with Gasteiger partial charge in [-0.2, -0.15) is 0 Å². The van der Waals surface area contributed by atoms with Gasteiger partial charge >= 0.3 is 0 Å². The summed E-state index contributed by atoms with van der Waals surface area (Å²) in [6.07, 6.45) is 8.02. The standard InChI is InChI=1S/C22H31NO4/c1-13(22-10-14-5-15(11-22)7-16(6-14)12-22)23-21(24)17-8-19(26-3)20(27-4)9-18(17)25-2/h8-9,13-16H,5-7,10-12H2,1-4H3,(H,23,24)/t13-,14?,15?,16?,22?/m1/s1. The second kappa shape index (κ2) is 6.92. The first-order valence-corrected chi connectivity index (χ1v) is 10.1. The summed E-state index contributed by atoms with van der Waals surface area (Å²) in [7, 11) is 4.72. The van der Waals surface area contributed by atoms with Gasteiger partial charge in [0.15, 0.2) is 11.5 Å². The van der Waals surface area contributed by atoms with E-state index in [2.05, 4.69) is 12.2 Å². The van der Waals surface area contributed by atoms with Gasteiger partial charge < -0.3 is 19.5 Å². The van der Waals surface area contributed by atoms with Crippen LogP contribution in [0.2, 0.25) is 0 Å². The third-order valence-corrected chi connectivity index (χ3v) is 7.30. The number of benzene rings is 1. The predicted octanol–water partition coefficient (Wildman–Crippen LogP) is 4.05. The normalized spacial score (nSPS) is 32.1. The lowest BCUT2D eigenvalue weighted by molar-refractivity contribution is -0.0688. The summed E-state index contributed by atoms with van der Waals surface area (Å²) in [5.74, 6) is 4.09. The van der Waals surface area contributed by atoms with Crippen LogP contribution >= 0.6 is 0 Å². The predicted molar refractivity (Wildman–Crippen MR) is 104 cm³/mol. The molecule has 4 saturated carbocycles. The Bertz CT molecular complexity index is 694. The van der Waals surface area contributed by atoms with Crippen LogP contribution in [0.5, 0.6) is 17.2 Å². The molecule has 5 heteroatoms. The number of nitrogens with one attached hydrogen (secondary N) is 1. The summed E-state index contributed by atoms with van der Waals surface area (Å²) in [6, 6.07) is 3.58. The van der Waals surface area contributed by atoms with Crippen molar-refractivity contribution in [2.75, 3.05) is 21.3 Å². The number of carbonyl (C=O) groups excluding carboxylic acids is 1. The van der Waals surface area contributed by atoms with Crippen LogP contribution in [0.4, 0.5) is 0 Å². The number of amides is 1. The van der Waals surface area contributed by atoms with Crippen LogP contribution in [0.25, 0.3) is 0 Å². The van der Waals surface area contributed by atoms with E-state index in [1.165, 1.54) is 38.5 Å². The van der Waals surface area contributed by atoms with Gasteiger partial charge in [0.1, 0.15) is 5.75 Å². The lowest BCUT2D eigenvalue weighted by atomic mass is 9.48. The van der Waals surface area contributed by atoms with Gasteiger partial charge in [-0.3, -0.25) is 4.79 Å². The Morgan fingerprint density at radius 3 is 1.89 bits per heavy atom. The molecule has 4 aliphatic rings. The molecule has 1 amide bonds. The van der Waals surface area contributed by atoms with E-state index in [9.17, 15) is 4.79 Å². The van der Waals surface area contributed by atoms with Crippen molar-refractivity contribution in [3.8, 4) is 17.2 Å². The maximum Gasteiger partial charge on any atom is 0.255 e. The van der Waals surface area contributed by atoms with Crippen molar-refractivity contribution in [2.45, 2.75) is 51.5 Å². The Hall–Kier alpha value is -1.91. The molecule has 27 heavy (non-hydrogen) atoms. The third kappa shape index (κ3) is 3.15. The summed E-state index contributed by atoms with van der Waals surface area (Å²) in [5, 5.41) is 3.30. The number of hydrogen-bond acceptors (Lipinski definition) is 4. The van der Waals surface area contributed by atoms with Gasteiger partial charge in [-0.1, -0.05) is 0 Å². The molecule has 0 aliphatic heterocycles. The molecule has 0 spiro atoms. The van der Waals surface area contributed by atoms with E-state index < -0.39 is 0 Å². The molecule has 1 atom stereocenters. The minimum Gasteiger partial charge on any atom is -0.496 e. The van der Waals surface area contributed by atoms with E-state index in [0.29, 0.717) is 22.8 Å². The lowest BCUT2D eigenvalue weighted by Gasteiger charge is -2.59. The Morgan fingerprint density at radius 2 is 1.41 bits per heavy atom. The molecule has 1 aromatic carbocycles. The zero-order valence-electron chi connectivity index (χ0n) is 16.8. The first-order chi connectivity index (χ1) is 13.0. The Balaban J connectivity index is 1.55. The van der Waals surface area contributed by atoms with Gasteiger partial charge in [0.25, 0.3) is 5.91 Å². The van der Waals surface area contributed by atoms with E-state index >= 15 is 0 Å². The van der Waals surface area contributed by atoms with Crippen LogP contribution in [0, 0.1) is 23.2 Å². The van der Waals surface area contributed by atoms with Crippen LogP contribution in [-0.4, -0.2) is 33.3 Å². The maximum absolute atomic E-state index is 13.1. The average Bonchev–Trinajstić information content (AvgIpc) is 2.65. The highest BCUT2D eigenvalue weighted by Crippen LogP contribution is 2.61. The molecule has 0 unspecified atom stereocenters. The lowest BCUT2D eigenvalue weighted by Crippen LogP contribution is -2.55. The van der Waals surface area contributed by atoms with E-state index in [1.54, 1.807) is 33.5 Å². The van der Waals surface area contributed by atoms with Gasteiger partial charge in [-0.25, -0.2) is 0 Å². The van der Waals surface area contributed by atoms with E-state index in [4.69, 9.17) is 14.2 Å². The van der Waals surface area contributed by atoms with Crippen LogP contribution in [0.15, 0.2) is 12.1 Å². The Morgan fingerprint density at radius 1 is 0.926 bits per heavy atom. The molecule has 5 nitrogen and oxygen atoms in total. The molecule has 5 rings (SSSR count). The van der Waals surface area contributed by atoms with Crippen molar-refractivity contribution in [2.24, 2.45) is 23.2 Å². The first kappa shape index (κ1) is 18.5. The molecule has 4 bridgehead atoms. The minimum absolute atomic E-state index is 0.101. The molecular formula is C22H31NO4. The fourth-order valence-corrected chi connectivity index (χ4v) is 6.34. The molecular weight excluding hydrogens is 342 g/mol. The molecule has 0 saturated heterocycles. The highest BCUT2D eigenvalue weighted by molar-refractivity contribution is 5.98. The molecule has 148 valence electrons. The first-order valence-electron chi connectivity index (χ1n) is 10.1. The quantitative estimate of drug-likeness (QED) is 0.817. The molecule has 0 aromatic heterocycles. The van der Waals surface area contributed by atoms with Gasteiger partial charge in [0, 0.05) is 18.2 Å². The highest BCUT2D eigenvalue weighted by atomic mass is 16.5. The van der Waals surface area contributed by atoms with Gasteiger partial charge in [-0.05, 0) is 68.6 Å². The van der Waals surface area contributed by atoms with Crippen molar-refractivity contribution < 1.29 is 19.0 Å². The van der Waals surface area contributed by atoms with Crippen LogP contribution in [-0.2, 0) is 0 Å². The summed E-state index contributed by atoms with van der Waals surface area (Å²) < 4.78 is 16.1. The van der Waals surface area contributed by atoms with Crippen molar-refractivity contribution in [1.29, 1.82) is 0 Å². The zero-order chi connectivity index (χ0) is 19.2. The smallest absolute Gasteiger partial charge is 0.255 e. The van der Waals surface area contributed by atoms with Crippen molar-refractivity contribution in [3.05, 3.63) is 17.7 Å². The fraction of sp³-hybridized carbons (Fsp3) is 0.682. The number of rotatable bonds is 6. The van der Waals surface area contributed by atoms with Crippen LogP contribution in [0.1, 0.15) is 55.8 Å². The van der Waals surface area contributed by atoms with E-state index in [0.717, 1.165) is 17.8 Å². The topological polar surface area (TPSA) is 56.8 Å². The van der Waals surface area contributed by atoms with E-state index in [-0.39, 0.29) is 17.4 Å². The largest absolute Gasteiger partial charge is 0.496 e. The molecule has 0 radical (unpaired) electrons. The summed E-state index contributed by atoms with van der Waals surface area (Å²) in [6.45, 7) is 2.19. The highest BCUT2D eigenvalue weighted by Gasteiger charge is 2.53. The van der Waals surface area contributed by atoms with Gasteiger partial charge in [-0.15, -0.1) is 0 Å². The summed E-state index contributed by atoms with van der Waals surface area (Å²) in [4.78, 5) is 13.1. The molecule has 4 aliphatic carbocycles. The van der Waals surface area contributed by atoms with Crippen molar-refractivity contribution in [3.63, 3.8) is 0 Å². The van der Waals surface area contributed by atoms with Gasteiger partial charge in [0.05, 0.1) is 26.9 Å². The monoisotopic (exact) mass is 373 g/mol. The molecule has 1 aromatic rings.